The number of alkyl halides is 1. The summed E-state index contributed by atoms with van der Waals surface area (Å²) in [6.45, 7) is 3.78. The lowest BCUT2D eigenvalue weighted by Gasteiger charge is -2.28. The zero-order chi connectivity index (χ0) is 11.8. The number of fused-ring (bicyclic) bond motifs is 1. The quantitative estimate of drug-likeness (QED) is 0.865. The number of halogens is 1. The second-order valence-electron chi connectivity index (χ2n) is 4.37. The maximum absolute atomic E-state index is 14.9. The smallest absolute Gasteiger partial charge is 0.151 e. The molecule has 0 fully saturated rings. The standard InChI is InChI=1S/C13H16FNS/c1-9(2)13(14,8-15)11-5-3-4-10-6-7-16-12(10)11/h3-7,9H,8,15H2,1-2H3. The van der Waals surface area contributed by atoms with Crippen molar-refractivity contribution in [1.82, 2.24) is 0 Å². The third kappa shape index (κ3) is 1.64. The van der Waals surface area contributed by atoms with Crippen LogP contribution in [0.4, 0.5) is 4.39 Å². The van der Waals surface area contributed by atoms with E-state index in [2.05, 4.69) is 0 Å². The molecule has 0 saturated heterocycles. The summed E-state index contributed by atoms with van der Waals surface area (Å²) < 4.78 is 15.9. The summed E-state index contributed by atoms with van der Waals surface area (Å²) in [5, 5.41) is 3.09. The van der Waals surface area contributed by atoms with Gasteiger partial charge in [0, 0.05) is 16.8 Å². The van der Waals surface area contributed by atoms with E-state index in [-0.39, 0.29) is 12.5 Å². The van der Waals surface area contributed by atoms with E-state index in [0.29, 0.717) is 0 Å². The van der Waals surface area contributed by atoms with Gasteiger partial charge in [0.15, 0.2) is 5.67 Å². The number of thiophene rings is 1. The van der Waals surface area contributed by atoms with Gasteiger partial charge in [0.2, 0.25) is 0 Å². The van der Waals surface area contributed by atoms with Crippen molar-refractivity contribution < 1.29 is 4.39 Å². The maximum Gasteiger partial charge on any atom is 0.151 e. The Labute approximate surface area is 99.1 Å². The third-order valence-corrected chi connectivity index (χ3v) is 4.10. The Morgan fingerprint density at radius 1 is 1.38 bits per heavy atom. The Hall–Kier alpha value is -0.930. The van der Waals surface area contributed by atoms with Gasteiger partial charge in [0.05, 0.1) is 0 Å². The fourth-order valence-corrected chi connectivity index (χ4v) is 2.96. The van der Waals surface area contributed by atoms with Crippen molar-refractivity contribution >= 4 is 21.4 Å². The number of benzene rings is 1. The molecule has 1 heterocycles. The van der Waals surface area contributed by atoms with Gasteiger partial charge in [-0.2, -0.15) is 0 Å². The monoisotopic (exact) mass is 237 g/mol. The van der Waals surface area contributed by atoms with E-state index in [9.17, 15) is 4.39 Å². The Morgan fingerprint density at radius 3 is 2.75 bits per heavy atom. The first-order valence-corrected chi connectivity index (χ1v) is 6.33. The first-order valence-electron chi connectivity index (χ1n) is 5.45. The minimum atomic E-state index is -1.43. The van der Waals surface area contributed by atoms with Crippen LogP contribution in [0, 0.1) is 5.92 Å². The van der Waals surface area contributed by atoms with Crippen LogP contribution in [0.25, 0.3) is 10.1 Å². The van der Waals surface area contributed by atoms with Gasteiger partial charge in [0.1, 0.15) is 0 Å². The Morgan fingerprint density at radius 2 is 2.12 bits per heavy atom. The highest BCUT2D eigenvalue weighted by atomic mass is 32.1. The number of rotatable bonds is 3. The SMILES string of the molecule is CC(C)C(F)(CN)c1cccc2ccsc12. The van der Waals surface area contributed by atoms with Crippen molar-refractivity contribution in [3.05, 3.63) is 35.2 Å². The molecule has 0 bridgehead atoms. The average molecular weight is 237 g/mol. The van der Waals surface area contributed by atoms with Gasteiger partial charge >= 0.3 is 0 Å². The molecule has 0 amide bonds. The van der Waals surface area contributed by atoms with Crippen molar-refractivity contribution in [3.63, 3.8) is 0 Å². The first-order chi connectivity index (χ1) is 7.59. The van der Waals surface area contributed by atoms with E-state index in [1.807, 2.05) is 43.5 Å². The molecule has 2 N–H and O–H groups in total. The topological polar surface area (TPSA) is 26.0 Å². The van der Waals surface area contributed by atoms with Gasteiger partial charge in [-0.3, -0.25) is 0 Å². The van der Waals surface area contributed by atoms with Gasteiger partial charge in [-0.1, -0.05) is 32.0 Å². The van der Waals surface area contributed by atoms with Crippen molar-refractivity contribution in [2.45, 2.75) is 19.5 Å². The summed E-state index contributed by atoms with van der Waals surface area (Å²) in [5.74, 6) is -0.120. The molecule has 0 aliphatic carbocycles. The summed E-state index contributed by atoms with van der Waals surface area (Å²) in [6, 6.07) is 7.77. The van der Waals surface area contributed by atoms with Gasteiger partial charge in [0.25, 0.3) is 0 Å². The van der Waals surface area contributed by atoms with Crippen molar-refractivity contribution in [1.29, 1.82) is 0 Å². The minimum absolute atomic E-state index is 0.0294. The Balaban J connectivity index is 2.65. The fourth-order valence-electron chi connectivity index (χ4n) is 1.98. The van der Waals surface area contributed by atoms with Crippen molar-refractivity contribution in [2.75, 3.05) is 6.54 Å². The van der Waals surface area contributed by atoms with Crippen molar-refractivity contribution in [2.24, 2.45) is 11.7 Å². The van der Waals surface area contributed by atoms with E-state index in [4.69, 9.17) is 5.73 Å². The van der Waals surface area contributed by atoms with Gasteiger partial charge in [-0.15, -0.1) is 11.3 Å². The molecule has 0 radical (unpaired) electrons. The summed E-state index contributed by atoms with van der Waals surface area (Å²) in [6.07, 6.45) is 0. The summed E-state index contributed by atoms with van der Waals surface area (Å²) in [7, 11) is 0. The third-order valence-electron chi connectivity index (χ3n) is 3.14. The van der Waals surface area contributed by atoms with Gasteiger partial charge in [-0.05, 0) is 22.8 Å². The molecule has 0 aliphatic heterocycles. The van der Waals surface area contributed by atoms with Crippen LogP contribution < -0.4 is 5.73 Å². The van der Waals surface area contributed by atoms with Gasteiger partial charge in [-0.25, -0.2) is 4.39 Å². The van der Waals surface area contributed by atoms with E-state index in [1.165, 1.54) is 0 Å². The van der Waals surface area contributed by atoms with Crippen LogP contribution in [-0.4, -0.2) is 6.54 Å². The molecule has 0 saturated carbocycles. The van der Waals surface area contributed by atoms with Crippen LogP contribution in [0.5, 0.6) is 0 Å². The van der Waals surface area contributed by atoms with Crippen LogP contribution >= 0.6 is 11.3 Å². The molecule has 0 spiro atoms. The molecular weight excluding hydrogens is 221 g/mol. The Bertz CT molecular complexity index is 491. The van der Waals surface area contributed by atoms with Crippen LogP contribution in [0.3, 0.4) is 0 Å². The summed E-state index contributed by atoms with van der Waals surface area (Å²) in [4.78, 5) is 0. The molecule has 1 atom stereocenters. The molecule has 2 rings (SSSR count). The van der Waals surface area contributed by atoms with E-state index in [0.717, 1.165) is 15.6 Å². The van der Waals surface area contributed by atoms with Gasteiger partial charge < -0.3 is 5.73 Å². The van der Waals surface area contributed by atoms with E-state index >= 15 is 0 Å². The molecule has 86 valence electrons. The van der Waals surface area contributed by atoms with Crippen LogP contribution in [0.1, 0.15) is 19.4 Å². The molecular formula is C13H16FNS. The molecule has 2 aromatic rings. The zero-order valence-corrected chi connectivity index (χ0v) is 10.4. The van der Waals surface area contributed by atoms with Crippen LogP contribution in [-0.2, 0) is 5.67 Å². The second-order valence-corrected chi connectivity index (χ2v) is 5.28. The molecule has 1 aromatic carbocycles. The summed E-state index contributed by atoms with van der Waals surface area (Å²) in [5.41, 5.74) is 4.94. The lowest BCUT2D eigenvalue weighted by molar-refractivity contribution is 0.111. The molecule has 1 unspecified atom stereocenters. The molecule has 16 heavy (non-hydrogen) atoms. The largest absolute Gasteiger partial charge is 0.327 e. The maximum atomic E-state index is 14.9. The van der Waals surface area contributed by atoms with E-state index in [1.54, 1.807) is 11.3 Å². The minimum Gasteiger partial charge on any atom is -0.327 e. The lowest BCUT2D eigenvalue weighted by atomic mass is 9.85. The van der Waals surface area contributed by atoms with E-state index < -0.39 is 5.67 Å². The fraction of sp³-hybridized carbons (Fsp3) is 0.385. The highest BCUT2D eigenvalue weighted by Gasteiger charge is 2.35. The zero-order valence-electron chi connectivity index (χ0n) is 9.53. The van der Waals surface area contributed by atoms with Crippen LogP contribution in [0.15, 0.2) is 29.6 Å². The molecule has 1 aromatic heterocycles. The molecule has 1 nitrogen and oxygen atoms in total. The summed E-state index contributed by atoms with van der Waals surface area (Å²) >= 11 is 1.58. The predicted molar refractivity (Wildman–Crippen MR) is 68.5 cm³/mol. The highest BCUT2D eigenvalue weighted by Crippen LogP contribution is 2.39. The molecule has 3 heteroatoms. The second kappa shape index (κ2) is 4.15. The predicted octanol–water partition coefficient (Wildman–Crippen LogP) is 3.68. The lowest BCUT2D eigenvalue weighted by Crippen LogP contribution is -2.35. The normalized spacial score (nSPS) is 15.6. The molecule has 0 aliphatic rings. The van der Waals surface area contributed by atoms with Crippen molar-refractivity contribution in [3.8, 4) is 0 Å². The first kappa shape index (κ1) is 11.6. The number of hydrogen-bond acceptors (Lipinski definition) is 2. The highest BCUT2D eigenvalue weighted by molar-refractivity contribution is 7.17. The Kier molecular flexibility index (Phi) is 3.00. The van der Waals surface area contributed by atoms with Crippen LogP contribution in [0.2, 0.25) is 0 Å². The number of nitrogens with two attached hydrogens (primary N) is 1. The number of hydrogen-bond donors (Lipinski definition) is 1. The average Bonchev–Trinajstić information content (AvgIpc) is 2.75.